The van der Waals surface area contributed by atoms with Crippen molar-refractivity contribution in [1.82, 2.24) is 9.55 Å². The van der Waals surface area contributed by atoms with Gasteiger partial charge in [0.15, 0.2) is 0 Å². The number of imidazole rings is 1. The Hall–Kier alpha value is -1.05. The molecule has 2 nitrogen and oxygen atoms in total. The number of hydrogen-bond donors (Lipinski definition) is 0. The number of aromatic nitrogens is 2. The van der Waals surface area contributed by atoms with Gasteiger partial charge in [-0.05, 0) is 6.42 Å². The molecule has 0 unspecified atom stereocenters. The van der Waals surface area contributed by atoms with Gasteiger partial charge in [0.25, 0.3) is 0 Å². The van der Waals surface area contributed by atoms with E-state index in [1.54, 1.807) is 0 Å². The molecule has 0 N–H and O–H groups in total. The number of unbranched alkanes of at least 4 members (excludes halogenated alkanes) is 1. The molecule has 0 radical (unpaired) electrons. The molecular formula is C10H16N2. The zero-order valence-corrected chi connectivity index (χ0v) is 7.66. The standard InChI is InChI=1S/C10H16N2/c1-3-5-8-12-9-7-11-10(12)6-4-2/h4,7,9H,2-3,5-6,8H2,1H3. The Balaban J connectivity index is 2.57. The third-order valence-electron chi connectivity index (χ3n) is 1.88. The maximum Gasteiger partial charge on any atom is 0.112 e. The van der Waals surface area contributed by atoms with Crippen molar-refractivity contribution in [2.45, 2.75) is 32.7 Å². The molecule has 0 amide bonds. The van der Waals surface area contributed by atoms with Crippen LogP contribution in [0.2, 0.25) is 0 Å². The van der Waals surface area contributed by atoms with Crippen LogP contribution in [0.15, 0.2) is 25.0 Å². The van der Waals surface area contributed by atoms with Crippen LogP contribution in [0.25, 0.3) is 0 Å². The number of aryl methyl sites for hydroxylation is 1. The Morgan fingerprint density at radius 3 is 3.17 bits per heavy atom. The maximum atomic E-state index is 4.25. The quantitative estimate of drug-likeness (QED) is 0.611. The zero-order chi connectivity index (χ0) is 8.81. The summed E-state index contributed by atoms with van der Waals surface area (Å²) in [5.74, 6) is 1.12. The van der Waals surface area contributed by atoms with Crippen molar-refractivity contribution in [3.05, 3.63) is 30.9 Å². The third kappa shape index (κ3) is 2.22. The molecule has 12 heavy (non-hydrogen) atoms. The summed E-state index contributed by atoms with van der Waals surface area (Å²) >= 11 is 0. The minimum absolute atomic E-state index is 0.872. The molecule has 1 aromatic heterocycles. The summed E-state index contributed by atoms with van der Waals surface area (Å²) in [4.78, 5) is 4.25. The summed E-state index contributed by atoms with van der Waals surface area (Å²) in [5, 5.41) is 0. The van der Waals surface area contributed by atoms with Gasteiger partial charge in [-0.15, -0.1) is 6.58 Å². The van der Waals surface area contributed by atoms with Crippen LogP contribution in [0.4, 0.5) is 0 Å². The topological polar surface area (TPSA) is 17.8 Å². The lowest BCUT2D eigenvalue weighted by atomic mass is 10.3. The van der Waals surface area contributed by atoms with Gasteiger partial charge in [-0.3, -0.25) is 0 Å². The van der Waals surface area contributed by atoms with E-state index in [1.807, 2.05) is 18.5 Å². The molecule has 0 spiro atoms. The molecule has 66 valence electrons. The van der Waals surface area contributed by atoms with Crippen LogP contribution in [-0.4, -0.2) is 9.55 Å². The van der Waals surface area contributed by atoms with Gasteiger partial charge in [0, 0.05) is 25.4 Å². The van der Waals surface area contributed by atoms with Crippen molar-refractivity contribution in [2.24, 2.45) is 0 Å². The molecular weight excluding hydrogens is 148 g/mol. The van der Waals surface area contributed by atoms with Crippen molar-refractivity contribution >= 4 is 0 Å². The Morgan fingerprint density at radius 2 is 2.50 bits per heavy atom. The van der Waals surface area contributed by atoms with Crippen molar-refractivity contribution in [2.75, 3.05) is 0 Å². The smallest absolute Gasteiger partial charge is 0.112 e. The highest BCUT2D eigenvalue weighted by Gasteiger charge is 1.98. The van der Waals surface area contributed by atoms with E-state index in [-0.39, 0.29) is 0 Å². The summed E-state index contributed by atoms with van der Waals surface area (Å²) in [6, 6.07) is 0. The van der Waals surface area contributed by atoms with Gasteiger partial charge >= 0.3 is 0 Å². The van der Waals surface area contributed by atoms with Gasteiger partial charge in [0.2, 0.25) is 0 Å². The molecule has 2 heteroatoms. The molecule has 0 aliphatic carbocycles. The van der Waals surface area contributed by atoms with Crippen LogP contribution in [0.5, 0.6) is 0 Å². The molecule has 0 atom stereocenters. The highest BCUT2D eigenvalue weighted by Crippen LogP contribution is 2.01. The molecule has 1 heterocycles. The Bertz CT molecular complexity index is 238. The lowest BCUT2D eigenvalue weighted by Crippen LogP contribution is -2.01. The SMILES string of the molecule is C=CCc1nccn1CCCC. The lowest BCUT2D eigenvalue weighted by molar-refractivity contribution is 0.610. The van der Waals surface area contributed by atoms with Gasteiger partial charge in [-0.1, -0.05) is 19.4 Å². The summed E-state index contributed by atoms with van der Waals surface area (Å²) in [6.07, 6.45) is 9.11. The average molecular weight is 164 g/mol. The van der Waals surface area contributed by atoms with E-state index in [0.717, 1.165) is 18.8 Å². The molecule has 0 saturated heterocycles. The van der Waals surface area contributed by atoms with Gasteiger partial charge in [0.1, 0.15) is 5.82 Å². The Labute approximate surface area is 73.9 Å². The van der Waals surface area contributed by atoms with Gasteiger partial charge < -0.3 is 4.57 Å². The predicted octanol–water partition coefficient (Wildman–Crippen LogP) is 2.41. The normalized spacial score (nSPS) is 10.1. The fourth-order valence-corrected chi connectivity index (χ4v) is 1.19. The summed E-state index contributed by atoms with van der Waals surface area (Å²) in [6.45, 7) is 6.99. The van der Waals surface area contributed by atoms with Crippen LogP contribution < -0.4 is 0 Å². The van der Waals surface area contributed by atoms with Crippen molar-refractivity contribution < 1.29 is 0 Å². The molecule has 1 rings (SSSR count). The second kappa shape index (κ2) is 4.75. The molecule has 0 aromatic carbocycles. The van der Waals surface area contributed by atoms with Crippen molar-refractivity contribution in [3.63, 3.8) is 0 Å². The summed E-state index contributed by atoms with van der Waals surface area (Å²) < 4.78 is 2.20. The number of allylic oxidation sites excluding steroid dienone is 1. The first-order chi connectivity index (χ1) is 5.88. The van der Waals surface area contributed by atoms with E-state index in [2.05, 4.69) is 23.1 Å². The van der Waals surface area contributed by atoms with E-state index in [9.17, 15) is 0 Å². The van der Waals surface area contributed by atoms with Crippen molar-refractivity contribution in [3.8, 4) is 0 Å². The fraction of sp³-hybridized carbons (Fsp3) is 0.500. The first-order valence-electron chi connectivity index (χ1n) is 4.49. The third-order valence-corrected chi connectivity index (χ3v) is 1.88. The maximum absolute atomic E-state index is 4.25. The lowest BCUT2D eigenvalue weighted by Gasteiger charge is -2.03. The van der Waals surface area contributed by atoms with E-state index < -0.39 is 0 Å². The highest BCUT2D eigenvalue weighted by molar-refractivity contribution is 4.97. The van der Waals surface area contributed by atoms with E-state index in [1.165, 1.54) is 12.8 Å². The molecule has 0 saturated carbocycles. The molecule has 0 fully saturated rings. The largest absolute Gasteiger partial charge is 0.335 e. The molecule has 0 aliphatic rings. The molecule has 1 aromatic rings. The van der Waals surface area contributed by atoms with E-state index in [4.69, 9.17) is 0 Å². The number of hydrogen-bond acceptors (Lipinski definition) is 1. The minimum Gasteiger partial charge on any atom is -0.335 e. The van der Waals surface area contributed by atoms with Crippen LogP contribution in [0, 0.1) is 0 Å². The van der Waals surface area contributed by atoms with E-state index >= 15 is 0 Å². The zero-order valence-electron chi connectivity index (χ0n) is 7.66. The van der Waals surface area contributed by atoms with Crippen LogP contribution >= 0.6 is 0 Å². The molecule has 0 aliphatic heterocycles. The monoisotopic (exact) mass is 164 g/mol. The first-order valence-corrected chi connectivity index (χ1v) is 4.49. The van der Waals surface area contributed by atoms with Gasteiger partial charge in [-0.2, -0.15) is 0 Å². The Kier molecular flexibility index (Phi) is 3.58. The van der Waals surface area contributed by atoms with Crippen LogP contribution in [-0.2, 0) is 13.0 Å². The molecule has 0 bridgehead atoms. The van der Waals surface area contributed by atoms with Gasteiger partial charge in [-0.25, -0.2) is 4.98 Å². The van der Waals surface area contributed by atoms with Gasteiger partial charge in [0.05, 0.1) is 0 Å². The highest BCUT2D eigenvalue weighted by atomic mass is 15.1. The number of nitrogens with zero attached hydrogens (tertiary/aromatic N) is 2. The second-order valence-electron chi connectivity index (χ2n) is 2.88. The fourth-order valence-electron chi connectivity index (χ4n) is 1.19. The second-order valence-corrected chi connectivity index (χ2v) is 2.88. The first kappa shape index (κ1) is 9.04. The Morgan fingerprint density at radius 1 is 1.67 bits per heavy atom. The van der Waals surface area contributed by atoms with Crippen LogP contribution in [0.3, 0.4) is 0 Å². The minimum atomic E-state index is 0.872. The summed E-state index contributed by atoms with van der Waals surface area (Å²) in [5.41, 5.74) is 0. The average Bonchev–Trinajstić information content (AvgIpc) is 2.50. The number of rotatable bonds is 5. The predicted molar refractivity (Wildman–Crippen MR) is 51.0 cm³/mol. The van der Waals surface area contributed by atoms with Crippen LogP contribution in [0.1, 0.15) is 25.6 Å². The van der Waals surface area contributed by atoms with Crippen molar-refractivity contribution in [1.29, 1.82) is 0 Å². The van der Waals surface area contributed by atoms with E-state index in [0.29, 0.717) is 0 Å². The summed E-state index contributed by atoms with van der Waals surface area (Å²) in [7, 11) is 0.